The van der Waals surface area contributed by atoms with Gasteiger partial charge in [-0.3, -0.25) is 4.79 Å². The maximum absolute atomic E-state index is 14.9. The van der Waals surface area contributed by atoms with Crippen molar-refractivity contribution >= 4 is 28.2 Å². The SMILES string of the molecule is Cc1ccc(F)c(-c2cc(C(=O)NCc3ccc(C(=O)O)cc3)c3c(Cc4ccc5ccccc5c4)nnn3c2)c1. The van der Waals surface area contributed by atoms with E-state index in [0.29, 0.717) is 34.3 Å². The predicted octanol–water partition coefficient (Wildman–Crippen LogP) is 6.22. The second-order valence-corrected chi connectivity index (χ2v) is 10.00. The van der Waals surface area contributed by atoms with Gasteiger partial charge in [0.05, 0.1) is 16.8 Å². The number of hydrogen-bond acceptors (Lipinski definition) is 4. The Morgan fingerprint density at radius 3 is 2.44 bits per heavy atom. The number of aromatic carboxylic acids is 1. The third kappa shape index (κ3) is 5.27. The van der Waals surface area contributed by atoms with Crippen molar-refractivity contribution < 1.29 is 19.1 Å². The number of rotatable bonds is 7. The third-order valence-corrected chi connectivity index (χ3v) is 7.10. The number of amides is 1. The van der Waals surface area contributed by atoms with Crippen LogP contribution in [0, 0.1) is 12.7 Å². The lowest BCUT2D eigenvalue weighted by Gasteiger charge is -2.12. The van der Waals surface area contributed by atoms with Gasteiger partial charge in [-0.15, -0.1) is 5.10 Å². The number of aromatic nitrogens is 3. The summed E-state index contributed by atoms with van der Waals surface area (Å²) in [6.07, 6.45) is 2.13. The molecule has 0 bridgehead atoms. The summed E-state index contributed by atoms with van der Waals surface area (Å²) in [5, 5.41) is 23.0. The van der Waals surface area contributed by atoms with E-state index in [1.807, 2.05) is 31.2 Å². The van der Waals surface area contributed by atoms with Crippen molar-refractivity contribution in [1.82, 2.24) is 20.1 Å². The van der Waals surface area contributed by atoms with Gasteiger partial charge in [0.25, 0.3) is 5.91 Å². The fourth-order valence-corrected chi connectivity index (χ4v) is 4.97. The van der Waals surface area contributed by atoms with E-state index in [1.165, 1.54) is 22.7 Å². The van der Waals surface area contributed by atoms with E-state index in [9.17, 15) is 14.0 Å². The summed E-state index contributed by atoms with van der Waals surface area (Å²) in [5.74, 6) is -1.80. The summed E-state index contributed by atoms with van der Waals surface area (Å²) in [6.45, 7) is 2.05. The number of pyridine rings is 1. The maximum atomic E-state index is 14.9. The summed E-state index contributed by atoms with van der Waals surface area (Å²) >= 11 is 0. The van der Waals surface area contributed by atoms with Crippen molar-refractivity contribution in [3.05, 3.63) is 137 Å². The van der Waals surface area contributed by atoms with Crippen LogP contribution in [0.5, 0.6) is 0 Å². The standard InChI is InChI=1S/C33H25FN4O3/c1-20-6-13-29(34)27(14-20)26-17-28(32(39)35-18-21-7-11-24(12-8-21)33(40)41)31-30(36-37-38(31)19-26)16-22-9-10-23-4-2-3-5-25(23)15-22/h2-15,17,19H,16,18H2,1H3,(H,35,39)(H,40,41). The van der Waals surface area contributed by atoms with Crippen LogP contribution in [0.3, 0.4) is 0 Å². The minimum Gasteiger partial charge on any atom is -0.478 e. The predicted molar refractivity (Wildman–Crippen MR) is 154 cm³/mol. The van der Waals surface area contributed by atoms with Crippen molar-refractivity contribution in [2.75, 3.05) is 0 Å². The first kappa shape index (κ1) is 25.9. The monoisotopic (exact) mass is 544 g/mol. The number of carbonyl (C=O) groups excluding carboxylic acids is 1. The van der Waals surface area contributed by atoms with Gasteiger partial charge in [0, 0.05) is 30.3 Å². The quantitative estimate of drug-likeness (QED) is 0.249. The molecule has 2 heterocycles. The van der Waals surface area contributed by atoms with Crippen LogP contribution in [0.1, 0.15) is 43.1 Å². The summed E-state index contributed by atoms with van der Waals surface area (Å²) < 4.78 is 16.4. The van der Waals surface area contributed by atoms with Crippen molar-refractivity contribution in [2.45, 2.75) is 19.9 Å². The van der Waals surface area contributed by atoms with Gasteiger partial charge in [-0.05, 0) is 59.2 Å². The zero-order valence-electron chi connectivity index (χ0n) is 22.1. The van der Waals surface area contributed by atoms with Gasteiger partial charge < -0.3 is 10.4 Å². The van der Waals surface area contributed by atoms with Gasteiger partial charge in [0.15, 0.2) is 0 Å². The summed E-state index contributed by atoms with van der Waals surface area (Å²) in [4.78, 5) is 24.8. The molecule has 6 aromatic rings. The fourth-order valence-electron chi connectivity index (χ4n) is 4.97. The van der Waals surface area contributed by atoms with E-state index < -0.39 is 11.8 Å². The Morgan fingerprint density at radius 2 is 1.66 bits per heavy atom. The molecule has 0 aliphatic heterocycles. The van der Waals surface area contributed by atoms with Crippen LogP contribution >= 0.6 is 0 Å². The van der Waals surface area contributed by atoms with E-state index in [4.69, 9.17) is 5.11 Å². The summed E-state index contributed by atoms with van der Waals surface area (Å²) in [7, 11) is 0. The third-order valence-electron chi connectivity index (χ3n) is 7.10. The molecule has 0 saturated carbocycles. The number of nitrogens with zero attached hydrogens (tertiary/aromatic N) is 3. The minimum atomic E-state index is -1.02. The van der Waals surface area contributed by atoms with Gasteiger partial charge in [-0.2, -0.15) is 0 Å². The number of benzene rings is 4. The number of fused-ring (bicyclic) bond motifs is 2. The van der Waals surface area contributed by atoms with Gasteiger partial charge in [0.2, 0.25) is 0 Å². The van der Waals surface area contributed by atoms with Gasteiger partial charge >= 0.3 is 5.97 Å². The Bertz CT molecular complexity index is 1950. The molecule has 7 nitrogen and oxygen atoms in total. The molecule has 0 unspecified atom stereocenters. The van der Waals surface area contributed by atoms with E-state index in [1.54, 1.807) is 36.5 Å². The molecule has 0 saturated heterocycles. The molecule has 1 amide bonds. The second-order valence-electron chi connectivity index (χ2n) is 10.00. The van der Waals surface area contributed by atoms with E-state index in [0.717, 1.165) is 27.5 Å². The molecular weight excluding hydrogens is 519 g/mol. The lowest BCUT2D eigenvalue weighted by molar-refractivity contribution is 0.0696. The number of hydrogen-bond donors (Lipinski definition) is 2. The molecular formula is C33H25FN4O3. The Hall–Kier alpha value is -5.37. The van der Waals surface area contributed by atoms with Crippen LogP contribution in [-0.2, 0) is 13.0 Å². The number of halogens is 1. The van der Waals surface area contributed by atoms with Crippen LogP contribution in [0.2, 0.25) is 0 Å². The Morgan fingerprint density at radius 1 is 0.902 bits per heavy atom. The number of carboxylic acids is 1. The Kier molecular flexibility index (Phi) is 6.73. The maximum Gasteiger partial charge on any atom is 0.335 e. The first-order chi connectivity index (χ1) is 19.9. The first-order valence-electron chi connectivity index (χ1n) is 13.1. The largest absolute Gasteiger partial charge is 0.478 e. The van der Waals surface area contributed by atoms with Crippen molar-refractivity contribution in [1.29, 1.82) is 0 Å². The molecule has 0 radical (unpaired) electrons. The number of carbonyl (C=O) groups is 2. The van der Waals surface area contributed by atoms with Crippen LogP contribution in [0.25, 0.3) is 27.4 Å². The zero-order valence-corrected chi connectivity index (χ0v) is 22.1. The molecule has 0 atom stereocenters. The molecule has 2 aromatic heterocycles. The molecule has 6 rings (SSSR count). The molecule has 2 N–H and O–H groups in total. The highest BCUT2D eigenvalue weighted by atomic mass is 19.1. The fraction of sp³-hybridized carbons (Fsp3) is 0.0909. The van der Waals surface area contributed by atoms with Crippen LogP contribution in [-0.4, -0.2) is 31.8 Å². The minimum absolute atomic E-state index is 0.165. The average molecular weight is 545 g/mol. The smallest absolute Gasteiger partial charge is 0.335 e. The molecule has 0 spiro atoms. The molecule has 8 heteroatoms. The van der Waals surface area contributed by atoms with E-state index >= 15 is 0 Å². The van der Waals surface area contributed by atoms with Gasteiger partial charge in [0.1, 0.15) is 11.3 Å². The zero-order chi connectivity index (χ0) is 28.5. The van der Waals surface area contributed by atoms with E-state index in [-0.39, 0.29) is 18.0 Å². The van der Waals surface area contributed by atoms with Crippen LogP contribution in [0.15, 0.2) is 97.2 Å². The van der Waals surface area contributed by atoms with Gasteiger partial charge in [-0.1, -0.05) is 71.4 Å². The molecule has 41 heavy (non-hydrogen) atoms. The molecule has 202 valence electrons. The summed E-state index contributed by atoms with van der Waals surface area (Å²) in [6, 6.07) is 27.1. The lowest BCUT2D eigenvalue weighted by atomic mass is 9.99. The van der Waals surface area contributed by atoms with Crippen molar-refractivity contribution in [2.24, 2.45) is 0 Å². The Balaban J connectivity index is 1.40. The normalized spacial score (nSPS) is 11.2. The molecule has 0 fully saturated rings. The lowest BCUT2D eigenvalue weighted by Crippen LogP contribution is -2.24. The van der Waals surface area contributed by atoms with Crippen molar-refractivity contribution in [3.8, 4) is 11.1 Å². The van der Waals surface area contributed by atoms with Crippen LogP contribution < -0.4 is 5.32 Å². The molecule has 0 aliphatic carbocycles. The first-order valence-corrected chi connectivity index (χ1v) is 13.1. The number of aryl methyl sites for hydroxylation is 1. The van der Waals surface area contributed by atoms with E-state index in [2.05, 4.69) is 33.8 Å². The van der Waals surface area contributed by atoms with Crippen LogP contribution in [0.4, 0.5) is 4.39 Å². The van der Waals surface area contributed by atoms with Crippen molar-refractivity contribution in [3.63, 3.8) is 0 Å². The summed E-state index contributed by atoms with van der Waals surface area (Å²) in [5.41, 5.74) is 5.13. The topological polar surface area (TPSA) is 96.6 Å². The number of nitrogens with one attached hydrogen (secondary N) is 1. The molecule has 4 aromatic carbocycles. The Labute approximate surface area is 234 Å². The highest BCUT2D eigenvalue weighted by Crippen LogP contribution is 2.29. The van der Waals surface area contributed by atoms with Gasteiger partial charge in [-0.25, -0.2) is 13.7 Å². The average Bonchev–Trinajstić information content (AvgIpc) is 3.39. The highest BCUT2D eigenvalue weighted by Gasteiger charge is 2.20. The number of carboxylic acid groups (broad SMARTS) is 1. The highest BCUT2D eigenvalue weighted by molar-refractivity contribution is 6.02. The molecule has 0 aliphatic rings. The second kappa shape index (κ2) is 10.7.